The molecule has 0 amide bonds. The van der Waals surface area contributed by atoms with E-state index in [0.717, 1.165) is 100 Å². The number of carboxylic acids is 1. The van der Waals surface area contributed by atoms with E-state index in [1.54, 1.807) is 12.1 Å². The lowest BCUT2D eigenvalue weighted by atomic mass is 9.70. The summed E-state index contributed by atoms with van der Waals surface area (Å²) < 4.78 is 22.2. The molecule has 5 aromatic carbocycles. The molecule has 0 bridgehead atoms. The van der Waals surface area contributed by atoms with Gasteiger partial charge in [0, 0.05) is 53.1 Å². The molecule has 10 heteroatoms. The van der Waals surface area contributed by atoms with Gasteiger partial charge in [-0.15, -0.1) is 22.7 Å². The molecular formula is C64H73N3O4S3. The van der Waals surface area contributed by atoms with E-state index < -0.39 is 5.97 Å². The molecule has 3 aromatic heterocycles. The molecule has 0 aliphatic heterocycles. The van der Waals surface area contributed by atoms with Gasteiger partial charge >= 0.3 is 5.97 Å². The Kier molecular flexibility index (Phi) is 17.7. The van der Waals surface area contributed by atoms with E-state index in [4.69, 9.17) is 18.2 Å². The third kappa shape index (κ3) is 11.4. The number of unbranched alkanes of at least 4 members (excludes halogenated alkanes) is 4. The lowest BCUT2D eigenvalue weighted by Gasteiger charge is -2.37. The van der Waals surface area contributed by atoms with Crippen molar-refractivity contribution in [2.45, 2.75) is 137 Å². The number of carbonyl (C=O) groups is 1. The SMILES string of the molecule is CCCCOc1ccc(N(c2ccc(OCCCC)cc2)c2ccc(-c3ccc(-c4cc5c(s4)C(CC(CC)CCCC)(CC(CC)CCCC)c4sc(-c6ccc(C(=O)O)cc6)cc4-5)c4nsnc34)cc2)cc1. The minimum Gasteiger partial charge on any atom is -0.494 e. The Balaban J connectivity index is 1.09. The van der Waals surface area contributed by atoms with Crippen molar-refractivity contribution in [1.82, 2.24) is 8.75 Å². The van der Waals surface area contributed by atoms with Gasteiger partial charge in [-0.3, -0.25) is 0 Å². The predicted octanol–water partition coefficient (Wildman–Crippen LogP) is 19.8. The van der Waals surface area contributed by atoms with E-state index in [1.165, 1.54) is 93.7 Å². The minimum atomic E-state index is -0.898. The fraction of sp³-hybridized carbons (Fsp3) is 0.391. The second-order valence-corrected chi connectivity index (χ2v) is 22.9. The van der Waals surface area contributed by atoms with Crippen molar-refractivity contribution in [2.24, 2.45) is 11.8 Å². The molecule has 74 heavy (non-hydrogen) atoms. The first-order chi connectivity index (χ1) is 36.2. The number of nitrogens with zero attached hydrogens (tertiary/aromatic N) is 3. The van der Waals surface area contributed by atoms with Gasteiger partial charge in [0.05, 0.1) is 30.5 Å². The van der Waals surface area contributed by atoms with Crippen molar-refractivity contribution in [1.29, 1.82) is 0 Å². The lowest BCUT2D eigenvalue weighted by Crippen LogP contribution is -2.30. The van der Waals surface area contributed by atoms with Gasteiger partial charge in [-0.05, 0) is 145 Å². The first-order valence-electron chi connectivity index (χ1n) is 27.5. The van der Waals surface area contributed by atoms with E-state index in [0.29, 0.717) is 30.6 Å². The summed E-state index contributed by atoms with van der Waals surface area (Å²) in [6, 6.07) is 42.5. The number of carboxylic acid groups (broad SMARTS) is 1. The smallest absolute Gasteiger partial charge is 0.335 e. The number of fused-ring (bicyclic) bond motifs is 4. The van der Waals surface area contributed by atoms with Crippen LogP contribution in [0.3, 0.4) is 0 Å². The van der Waals surface area contributed by atoms with Crippen molar-refractivity contribution < 1.29 is 19.4 Å². The topological polar surface area (TPSA) is 84.8 Å². The van der Waals surface area contributed by atoms with Crippen molar-refractivity contribution in [3.05, 3.63) is 137 Å². The van der Waals surface area contributed by atoms with Crippen LogP contribution in [0.15, 0.2) is 121 Å². The van der Waals surface area contributed by atoms with Gasteiger partial charge in [0.25, 0.3) is 0 Å². The van der Waals surface area contributed by atoms with Crippen LogP contribution >= 0.6 is 34.4 Å². The number of hydrogen-bond donors (Lipinski definition) is 1. The summed E-state index contributed by atoms with van der Waals surface area (Å²) in [5, 5.41) is 9.73. The Morgan fingerprint density at radius 2 is 0.986 bits per heavy atom. The number of aromatic carboxylic acids is 1. The third-order valence-corrected chi connectivity index (χ3v) is 18.5. The van der Waals surface area contributed by atoms with Crippen LogP contribution in [0.1, 0.15) is 152 Å². The molecule has 2 atom stereocenters. The van der Waals surface area contributed by atoms with Crippen LogP contribution in [0.2, 0.25) is 0 Å². The van der Waals surface area contributed by atoms with Gasteiger partial charge in [-0.25, -0.2) is 4.79 Å². The zero-order chi connectivity index (χ0) is 51.6. The van der Waals surface area contributed by atoms with Gasteiger partial charge in [0.15, 0.2) is 0 Å². The van der Waals surface area contributed by atoms with Crippen molar-refractivity contribution in [2.75, 3.05) is 18.1 Å². The summed E-state index contributed by atoms with van der Waals surface area (Å²) >= 11 is 5.23. The largest absolute Gasteiger partial charge is 0.494 e. The monoisotopic (exact) mass is 1040 g/mol. The summed E-state index contributed by atoms with van der Waals surface area (Å²) in [5.74, 6) is 2.08. The highest BCUT2D eigenvalue weighted by Crippen LogP contribution is 2.63. The van der Waals surface area contributed by atoms with Crippen LogP contribution < -0.4 is 14.4 Å². The molecule has 0 saturated heterocycles. The number of hydrogen-bond acceptors (Lipinski definition) is 9. The van der Waals surface area contributed by atoms with Crippen LogP contribution in [0.5, 0.6) is 11.5 Å². The molecule has 0 fully saturated rings. The highest BCUT2D eigenvalue weighted by Gasteiger charge is 2.48. The lowest BCUT2D eigenvalue weighted by molar-refractivity contribution is 0.0697. The Hall–Kier alpha value is -5.81. The molecule has 0 saturated carbocycles. The van der Waals surface area contributed by atoms with E-state index in [9.17, 15) is 9.90 Å². The average Bonchev–Trinajstić information content (AvgIpc) is 4.26. The summed E-state index contributed by atoms with van der Waals surface area (Å²) in [5.41, 5.74) is 12.3. The summed E-state index contributed by atoms with van der Waals surface area (Å²) in [4.78, 5) is 19.6. The highest BCUT2D eigenvalue weighted by molar-refractivity contribution is 7.18. The molecule has 9 rings (SSSR count). The van der Waals surface area contributed by atoms with Crippen LogP contribution in [0.25, 0.3) is 54.2 Å². The molecule has 386 valence electrons. The van der Waals surface area contributed by atoms with Gasteiger partial charge in [-0.2, -0.15) is 8.75 Å². The molecule has 1 N–H and O–H groups in total. The summed E-state index contributed by atoms with van der Waals surface area (Å²) in [6.45, 7) is 15.2. The van der Waals surface area contributed by atoms with Crippen molar-refractivity contribution >= 4 is 68.5 Å². The van der Waals surface area contributed by atoms with Crippen molar-refractivity contribution in [3.63, 3.8) is 0 Å². The molecule has 0 radical (unpaired) electrons. The number of ether oxygens (including phenoxy) is 2. The zero-order valence-corrected chi connectivity index (χ0v) is 46.7. The third-order valence-electron chi connectivity index (χ3n) is 15.2. The van der Waals surface area contributed by atoms with E-state index in [-0.39, 0.29) is 5.41 Å². The quantitative estimate of drug-likeness (QED) is 0.0514. The van der Waals surface area contributed by atoms with Crippen molar-refractivity contribution in [3.8, 4) is 54.6 Å². The first kappa shape index (κ1) is 53.0. The molecule has 1 aliphatic rings. The van der Waals surface area contributed by atoms with Gasteiger partial charge < -0.3 is 19.5 Å². The molecule has 7 nitrogen and oxygen atoms in total. The Labute approximate surface area is 452 Å². The van der Waals surface area contributed by atoms with Crippen LogP contribution in [-0.2, 0) is 5.41 Å². The molecule has 0 spiro atoms. The molecule has 3 heterocycles. The van der Waals surface area contributed by atoms with Gasteiger partial charge in [0.1, 0.15) is 22.5 Å². The van der Waals surface area contributed by atoms with E-state index >= 15 is 0 Å². The maximum absolute atomic E-state index is 11.9. The highest BCUT2D eigenvalue weighted by atomic mass is 32.1. The maximum Gasteiger partial charge on any atom is 0.335 e. The Bertz CT molecular complexity index is 3010. The number of rotatable bonds is 27. The number of anilines is 3. The van der Waals surface area contributed by atoms with Gasteiger partial charge in [0.2, 0.25) is 0 Å². The number of aromatic nitrogens is 2. The van der Waals surface area contributed by atoms with Crippen LogP contribution in [-0.4, -0.2) is 33.0 Å². The Morgan fingerprint density at radius 3 is 1.47 bits per heavy atom. The standard InChI is InChI=1S/C64H73N3O4S3/c1-7-13-17-43(11-5)41-64(42-44(12-6)18-14-8-2)61-55(39-57(72-61)46-19-21-47(22-20-46)63(68)69)56-40-58(73-62(56)64)54-36-35-53(59-60(54)66-74-65-59)45-23-25-48(26-24-45)67(49-27-31-51(32-28-49)70-37-15-9-3)50-29-33-52(34-30-50)71-38-16-10-4/h19-36,39-40,43-44H,7-18,37-38,41-42H2,1-6H3,(H,68,69). The second kappa shape index (κ2) is 24.7. The predicted molar refractivity (Wildman–Crippen MR) is 314 cm³/mol. The Morgan fingerprint density at radius 1 is 0.541 bits per heavy atom. The van der Waals surface area contributed by atoms with E-state index in [2.05, 4.69) is 144 Å². The van der Waals surface area contributed by atoms with E-state index in [1.807, 2.05) is 34.8 Å². The fourth-order valence-corrected chi connectivity index (χ4v) is 14.4. The fourth-order valence-electron chi connectivity index (χ4n) is 11.0. The van der Waals surface area contributed by atoms with Crippen LogP contribution in [0, 0.1) is 11.8 Å². The number of benzene rings is 5. The maximum atomic E-state index is 11.9. The number of thiophene rings is 2. The second-order valence-electron chi connectivity index (χ2n) is 20.3. The molecule has 8 aromatic rings. The summed E-state index contributed by atoms with van der Waals surface area (Å²) in [6.07, 6.45) is 16.3. The normalized spacial score (nSPS) is 14.7. The minimum absolute atomic E-state index is 0.107. The van der Waals surface area contributed by atoms with Crippen LogP contribution in [0.4, 0.5) is 17.1 Å². The van der Waals surface area contributed by atoms with Gasteiger partial charge in [-0.1, -0.05) is 142 Å². The average molecular weight is 1040 g/mol. The molecule has 1 aliphatic carbocycles. The molecule has 2 unspecified atom stereocenters. The molecular weight excluding hydrogens is 971 g/mol. The zero-order valence-electron chi connectivity index (χ0n) is 44.3. The summed E-state index contributed by atoms with van der Waals surface area (Å²) in [7, 11) is 0. The first-order valence-corrected chi connectivity index (χ1v) is 29.8.